The van der Waals surface area contributed by atoms with Crippen LogP contribution in [0.5, 0.6) is 0 Å². The van der Waals surface area contributed by atoms with Crippen molar-refractivity contribution in [3.63, 3.8) is 0 Å². The van der Waals surface area contributed by atoms with Crippen molar-refractivity contribution in [2.24, 2.45) is 5.73 Å². The van der Waals surface area contributed by atoms with Crippen molar-refractivity contribution in [3.05, 3.63) is 30.5 Å². The topological polar surface area (TPSA) is 115 Å². The summed E-state index contributed by atoms with van der Waals surface area (Å²) in [6.45, 7) is 1.64. The van der Waals surface area contributed by atoms with Crippen molar-refractivity contribution in [2.75, 3.05) is 18.0 Å². The maximum absolute atomic E-state index is 12.6. The van der Waals surface area contributed by atoms with Crippen LogP contribution in [-0.4, -0.2) is 56.0 Å². The highest BCUT2D eigenvalue weighted by molar-refractivity contribution is 5.92. The van der Waals surface area contributed by atoms with Crippen molar-refractivity contribution in [2.45, 2.75) is 56.7 Å². The first-order valence-electron chi connectivity index (χ1n) is 9.68. The summed E-state index contributed by atoms with van der Waals surface area (Å²) < 4.78 is 1.83. The molecule has 0 radical (unpaired) electrons. The molecule has 1 saturated heterocycles. The molecule has 2 aromatic rings. The lowest BCUT2D eigenvalue weighted by molar-refractivity contribution is 0.0928. The molecule has 1 saturated carbocycles. The molecule has 1 aliphatic heterocycles. The van der Waals surface area contributed by atoms with E-state index in [1.807, 2.05) is 4.68 Å². The molecule has 4 rings (SSSR count). The number of nitrogens with one attached hydrogen (secondary N) is 1. The summed E-state index contributed by atoms with van der Waals surface area (Å²) in [5, 5.41) is 11.4. The Morgan fingerprint density at radius 1 is 1.19 bits per heavy atom. The zero-order valence-corrected chi connectivity index (χ0v) is 15.4. The largest absolute Gasteiger partial charge is 0.353 e. The highest BCUT2D eigenvalue weighted by atomic mass is 16.2. The van der Waals surface area contributed by atoms with Crippen LogP contribution >= 0.6 is 0 Å². The van der Waals surface area contributed by atoms with Crippen LogP contribution in [0.2, 0.25) is 0 Å². The van der Waals surface area contributed by atoms with E-state index in [0.29, 0.717) is 11.7 Å². The Labute approximate surface area is 158 Å². The molecule has 1 aliphatic carbocycles. The molecule has 1 atom stereocenters. The van der Waals surface area contributed by atoms with Crippen LogP contribution in [0.25, 0.3) is 0 Å². The van der Waals surface area contributed by atoms with Gasteiger partial charge in [-0.2, -0.15) is 0 Å². The van der Waals surface area contributed by atoms with Crippen molar-refractivity contribution in [1.29, 1.82) is 0 Å². The van der Waals surface area contributed by atoms with E-state index >= 15 is 0 Å². The summed E-state index contributed by atoms with van der Waals surface area (Å²) in [7, 11) is 0. The maximum Gasteiger partial charge on any atom is 0.273 e. The maximum atomic E-state index is 12.6. The summed E-state index contributed by atoms with van der Waals surface area (Å²) in [5.74, 6) is 0.678. The van der Waals surface area contributed by atoms with Gasteiger partial charge < -0.3 is 16.0 Å². The molecule has 3 N–H and O–H groups in total. The SMILES string of the molecule is NC1CCC(n2cc(C(=O)N[C@@H]3CCCN(c4cnccn4)C3)nn2)CC1. The zero-order valence-electron chi connectivity index (χ0n) is 15.4. The monoisotopic (exact) mass is 370 g/mol. The van der Waals surface area contributed by atoms with Crippen LogP contribution in [0, 0.1) is 0 Å². The van der Waals surface area contributed by atoms with Gasteiger partial charge in [0.25, 0.3) is 5.91 Å². The molecule has 9 heteroatoms. The molecule has 0 aromatic carbocycles. The van der Waals surface area contributed by atoms with Gasteiger partial charge in [-0.1, -0.05) is 5.21 Å². The molecule has 0 unspecified atom stereocenters. The number of rotatable bonds is 4. The second-order valence-electron chi connectivity index (χ2n) is 7.47. The minimum Gasteiger partial charge on any atom is -0.353 e. The van der Waals surface area contributed by atoms with Crippen LogP contribution in [0.1, 0.15) is 55.1 Å². The third-order valence-electron chi connectivity index (χ3n) is 5.49. The second-order valence-corrected chi connectivity index (χ2v) is 7.47. The third-order valence-corrected chi connectivity index (χ3v) is 5.49. The average molecular weight is 370 g/mol. The first-order valence-corrected chi connectivity index (χ1v) is 9.68. The average Bonchev–Trinajstić information content (AvgIpc) is 3.20. The van der Waals surface area contributed by atoms with Gasteiger partial charge in [-0.25, -0.2) is 9.67 Å². The Morgan fingerprint density at radius 2 is 2.04 bits per heavy atom. The number of nitrogens with two attached hydrogens (primary N) is 1. The molecule has 3 heterocycles. The molecule has 2 fully saturated rings. The van der Waals surface area contributed by atoms with E-state index < -0.39 is 0 Å². The summed E-state index contributed by atoms with van der Waals surface area (Å²) >= 11 is 0. The fourth-order valence-corrected chi connectivity index (χ4v) is 3.94. The standard InChI is InChI=1S/C18H26N8O/c19-13-3-5-15(6-4-13)26-12-16(23-24-26)18(27)22-14-2-1-9-25(11-14)17-10-20-7-8-21-17/h7-8,10,12-15H,1-6,9,11,19H2,(H,22,27)/t13?,14-,15?/m1/s1. The lowest BCUT2D eigenvalue weighted by Crippen LogP contribution is -2.48. The van der Waals surface area contributed by atoms with Gasteiger partial charge in [-0.15, -0.1) is 5.10 Å². The summed E-state index contributed by atoms with van der Waals surface area (Å²) in [4.78, 5) is 23.2. The lowest BCUT2D eigenvalue weighted by atomic mass is 9.92. The smallest absolute Gasteiger partial charge is 0.273 e. The quantitative estimate of drug-likeness (QED) is 0.822. The predicted molar refractivity (Wildman–Crippen MR) is 100 cm³/mol. The summed E-state index contributed by atoms with van der Waals surface area (Å²) in [6, 6.07) is 0.642. The van der Waals surface area contributed by atoms with Gasteiger partial charge in [-0.05, 0) is 38.5 Å². The van der Waals surface area contributed by atoms with Crippen LogP contribution in [0.4, 0.5) is 5.82 Å². The molecule has 27 heavy (non-hydrogen) atoms. The zero-order chi connectivity index (χ0) is 18.6. The fourth-order valence-electron chi connectivity index (χ4n) is 3.94. The highest BCUT2D eigenvalue weighted by Gasteiger charge is 2.25. The van der Waals surface area contributed by atoms with Gasteiger partial charge in [0.15, 0.2) is 5.69 Å². The predicted octanol–water partition coefficient (Wildman–Crippen LogP) is 0.909. The first-order chi connectivity index (χ1) is 13.2. The third kappa shape index (κ3) is 4.24. The Bertz CT molecular complexity index is 756. The molecule has 1 amide bonds. The number of aromatic nitrogens is 5. The number of hydrogen-bond donors (Lipinski definition) is 2. The molecule has 144 valence electrons. The Hall–Kier alpha value is -2.55. The van der Waals surface area contributed by atoms with Crippen molar-refractivity contribution in [1.82, 2.24) is 30.3 Å². The van der Waals surface area contributed by atoms with Crippen LogP contribution < -0.4 is 16.0 Å². The van der Waals surface area contributed by atoms with E-state index in [9.17, 15) is 4.79 Å². The van der Waals surface area contributed by atoms with E-state index in [0.717, 1.165) is 57.4 Å². The molecule has 0 spiro atoms. The Kier molecular flexibility index (Phi) is 5.28. The summed E-state index contributed by atoms with van der Waals surface area (Å²) in [6.07, 6.45) is 12.8. The number of hydrogen-bond acceptors (Lipinski definition) is 7. The molecule has 0 bridgehead atoms. The first kappa shape index (κ1) is 17.8. The Balaban J connectivity index is 1.35. The fraction of sp³-hybridized carbons (Fsp3) is 0.611. The number of carbonyl (C=O) groups excluding carboxylic acids is 1. The number of nitrogens with zero attached hydrogens (tertiary/aromatic N) is 6. The van der Waals surface area contributed by atoms with E-state index in [4.69, 9.17) is 5.73 Å². The van der Waals surface area contributed by atoms with Gasteiger partial charge in [-0.3, -0.25) is 9.78 Å². The molecule has 2 aromatic heterocycles. The molecule has 9 nitrogen and oxygen atoms in total. The van der Waals surface area contributed by atoms with Gasteiger partial charge in [0.1, 0.15) is 5.82 Å². The molecule has 2 aliphatic rings. The van der Waals surface area contributed by atoms with Crippen molar-refractivity contribution in [3.8, 4) is 0 Å². The Morgan fingerprint density at radius 3 is 2.81 bits per heavy atom. The minimum atomic E-state index is -0.167. The number of anilines is 1. The van der Waals surface area contributed by atoms with Gasteiger partial charge >= 0.3 is 0 Å². The molecular weight excluding hydrogens is 344 g/mol. The van der Waals surface area contributed by atoms with E-state index in [2.05, 4.69) is 30.5 Å². The lowest BCUT2D eigenvalue weighted by Gasteiger charge is -2.33. The molecular formula is C18H26N8O. The van der Waals surface area contributed by atoms with Gasteiger partial charge in [0.05, 0.1) is 18.4 Å². The van der Waals surface area contributed by atoms with Gasteiger partial charge in [0.2, 0.25) is 0 Å². The van der Waals surface area contributed by atoms with E-state index in [1.54, 1.807) is 24.8 Å². The van der Waals surface area contributed by atoms with Crippen LogP contribution in [0.3, 0.4) is 0 Å². The van der Waals surface area contributed by atoms with Crippen LogP contribution in [-0.2, 0) is 0 Å². The second kappa shape index (κ2) is 7.99. The van der Waals surface area contributed by atoms with E-state index in [1.165, 1.54) is 0 Å². The number of piperidine rings is 1. The minimum absolute atomic E-state index is 0.0612. The van der Waals surface area contributed by atoms with E-state index in [-0.39, 0.29) is 18.0 Å². The van der Waals surface area contributed by atoms with Crippen LogP contribution in [0.15, 0.2) is 24.8 Å². The van der Waals surface area contributed by atoms with Crippen molar-refractivity contribution >= 4 is 11.7 Å². The van der Waals surface area contributed by atoms with Crippen molar-refractivity contribution < 1.29 is 4.79 Å². The number of amides is 1. The summed E-state index contributed by atoms with van der Waals surface area (Å²) in [5.41, 5.74) is 6.34. The number of carbonyl (C=O) groups is 1. The van der Waals surface area contributed by atoms with Gasteiger partial charge in [0, 0.05) is 37.6 Å². The normalized spacial score (nSPS) is 26.0. The highest BCUT2D eigenvalue weighted by Crippen LogP contribution is 2.26.